The third-order valence-corrected chi connectivity index (χ3v) is 2.16. The third-order valence-electron chi connectivity index (χ3n) is 2.16. The number of fused-ring (bicyclic) bond motifs is 1. The molecule has 0 bridgehead atoms. The molecule has 1 aromatic carbocycles. The summed E-state index contributed by atoms with van der Waals surface area (Å²) in [4.78, 5) is 13.0. The quantitative estimate of drug-likeness (QED) is 0.798. The van der Waals surface area contributed by atoms with Crippen LogP contribution in [0.3, 0.4) is 0 Å². The number of halogens is 2. The van der Waals surface area contributed by atoms with Crippen LogP contribution in [0.5, 0.6) is 0 Å². The highest BCUT2D eigenvalue weighted by Crippen LogP contribution is 2.23. The van der Waals surface area contributed by atoms with Crippen LogP contribution in [0, 0.1) is 11.6 Å². The van der Waals surface area contributed by atoms with E-state index < -0.39 is 29.6 Å². The lowest BCUT2D eigenvalue weighted by Crippen LogP contribution is -2.05. The number of benzene rings is 1. The van der Waals surface area contributed by atoms with Gasteiger partial charge >= 0.3 is 5.97 Å². The van der Waals surface area contributed by atoms with Crippen LogP contribution in [0.25, 0.3) is 10.9 Å². The van der Waals surface area contributed by atoms with E-state index in [2.05, 4.69) is 4.98 Å². The van der Waals surface area contributed by atoms with Crippen molar-refractivity contribution in [1.29, 1.82) is 0 Å². The van der Waals surface area contributed by atoms with Crippen molar-refractivity contribution < 1.29 is 18.7 Å². The molecule has 2 aromatic rings. The summed E-state index contributed by atoms with van der Waals surface area (Å²) in [6.45, 7) is 0. The first kappa shape index (κ1) is 9.64. The number of aliphatic carboxylic acids is 1. The van der Waals surface area contributed by atoms with Crippen molar-refractivity contribution in [2.24, 2.45) is 0 Å². The van der Waals surface area contributed by atoms with E-state index in [0.717, 1.165) is 6.07 Å². The van der Waals surface area contributed by atoms with Gasteiger partial charge in [0.25, 0.3) is 0 Å². The second-order valence-electron chi connectivity index (χ2n) is 3.16. The van der Waals surface area contributed by atoms with Crippen molar-refractivity contribution in [3.8, 4) is 0 Å². The zero-order valence-electron chi connectivity index (χ0n) is 7.55. The minimum atomic E-state index is -1.27. The average Bonchev–Trinajstić information content (AvgIpc) is 2.59. The fraction of sp³-hybridized carbons (Fsp3) is 0.100. The Balaban J connectivity index is 2.66. The van der Waals surface area contributed by atoms with Crippen molar-refractivity contribution in [2.75, 3.05) is 0 Å². The number of aromatic amines is 1. The number of hydrogen-bond donors (Lipinski definition) is 2. The van der Waals surface area contributed by atoms with Gasteiger partial charge in [-0.25, -0.2) is 8.78 Å². The van der Waals surface area contributed by atoms with E-state index in [1.807, 2.05) is 0 Å². The Bertz CT molecular complexity index is 533. The van der Waals surface area contributed by atoms with Gasteiger partial charge in [0, 0.05) is 17.1 Å². The van der Waals surface area contributed by atoms with Crippen molar-refractivity contribution in [3.63, 3.8) is 0 Å². The summed E-state index contributed by atoms with van der Waals surface area (Å²) in [5, 5.41) is 8.88. The van der Waals surface area contributed by atoms with Gasteiger partial charge in [0.2, 0.25) is 0 Å². The highest BCUT2D eigenvalue weighted by Gasteiger charge is 2.16. The lowest BCUT2D eigenvalue weighted by atomic mass is 10.1. The number of aromatic nitrogens is 1. The maximum atomic E-state index is 13.6. The summed E-state index contributed by atoms with van der Waals surface area (Å²) >= 11 is 0. The second kappa shape index (κ2) is 3.34. The molecule has 0 atom stereocenters. The number of nitrogens with one attached hydrogen (secondary N) is 1. The lowest BCUT2D eigenvalue weighted by Gasteiger charge is -2.03. The highest BCUT2D eigenvalue weighted by atomic mass is 19.1. The van der Waals surface area contributed by atoms with Gasteiger partial charge in [-0.05, 0) is 12.1 Å². The first-order valence-corrected chi connectivity index (χ1v) is 4.25. The summed E-state index contributed by atoms with van der Waals surface area (Å²) in [7, 11) is 0. The highest BCUT2D eigenvalue weighted by molar-refractivity contribution is 5.82. The molecular formula is C10H7F2NO2. The van der Waals surface area contributed by atoms with Crippen LogP contribution in [0.2, 0.25) is 0 Å². The summed E-state index contributed by atoms with van der Waals surface area (Å²) in [5.74, 6) is -2.93. The lowest BCUT2D eigenvalue weighted by molar-refractivity contribution is -0.136. The van der Waals surface area contributed by atoms with Crippen LogP contribution in [-0.2, 0) is 11.2 Å². The summed E-state index contributed by atoms with van der Waals surface area (Å²) in [6.07, 6.45) is 0.810. The molecule has 3 nitrogen and oxygen atoms in total. The number of carbonyl (C=O) groups is 1. The Morgan fingerprint density at radius 3 is 2.87 bits per heavy atom. The molecule has 0 radical (unpaired) electrons. The third kappa shape index (κ3) is 1.56. The average molecular weight is 211 g/mol. The molecule has 5 heteroatoms. The molecule has 0 saturated heterocycles. The van der Waals surface area contributed by atoms with E-state index in [4.69, 9.17) is 5.11 Å². The van der Waals surface area contributed by atoms with Crippen LogP contribution in [0.1, 0.15) is 5.56 Å². The van der Waals surface area contributed by atoms with Crippen molar-refractivity contribution in [3.05, 3.63) is 35.5 Å². The van der Waals surface area contributed by atoms with Gasteiger partial charge < -0.3 is 10.1 Å². The molecule has 2 N–H and O–H groups in total. The maximum absolute atomic E-state index is 13.6. The Morgan fingerprint density at radius 2 is 2.20 bits per heavy atom. The molecule has 0 aliphatic heterocycles. The second-order valence-corrected chi connectivity index (χ2v) is 3.16. The molecule has 0 amide bonds. The summed E-state index contributed by atoms with van der Waals surface area (Å²) in [6, 6.07) is 2.64. The van der Waals surface area contributed by atoms with Gasteiger partial charge in [-0.15, -0.1) is 0 Å². The van der Waals surface area contributed by atoms with Crippen LogP contribution in [0.4, 0.5) is 8.78 Å². The van der Waals surface area contributed by atoms with Gasteiger partial charge in [0.1, 0.15) is 5.82 Å². The van der Waals surface area contributed by atoms with Crippen LogP contribution < -0.4 is 0 Å². The molecular weight excluding hydrogens is 204 g/mol. The van der Waals surface area contributed by atoms with Crippen molar-refractivity contribution in [1.82, 2.24) is 4.98 Å². The molecule has 0 unspecified atom stereocenters. The molecule has 0 aliphatic carbocycles. The molecule has 2 rings (SSSR count). The van der Waals surface area contributed by atoms with E-state index in [-0.39, 0.29) is 5.52 Å². The van der Waals surface area contributed by atoms with Crippen LogP contribution >= 0.6 is 0 Å². The summed E-state index contributed by atoms with van der Waals surface area (Å²) in [5.41, 5.74) is -0.287. The van der Waals surface area contributed by atoms with Gasteiger partial charge in [0.05, 0.1) is 11.9 Å². The molecule has 78 valence electrons. The predicted octanol–water partition coefficient (Wildman–Crippen LogP) is 2.07. The largest absolute Gasteiger partial charge is 0.481 e. The van der Waals surface area contributed by atoms with Gasteiger partial charge in [-0.3, -0.25) is 4.79 Å². The maximum Gasteiger partial charge on any atom is 0.308 e. The van der Waals surface area contributed by atoms with Gasteiger partial charge in [-0.1, -0.05) is 0 Å². The van der Waals surface area contributed by atoms with Gasteiger partial charge in [0.15, 0.2) is 5.82 Å². The van der Waals surface area contributed by atoms with Crippen LogP contribution in [0.15, 0.2) is 18.3 Å². The SMILES string of the molecule is O=C(O)Cc1c(F)cc2cc[nH]c2c1F. The molecule has 1 heterocycles. The van der Waals surface area contributed by atoms with Crippen molar-refractivity contribution in [2.45, 2.75) is 6.42 Å². The smallest absolute Gasteiger partial charge is 0.308 e. The van der Waals surface area contributed by atoms with E-state index >= 15 is 0 Å². The Labute approximate surface area is 83.3 Å². The molecule has 0 saturated carbocycles. The molecule has 0 aliphatic rings. The van der Waals surface area contributed by atoms with E-state index in [1.54, 1.807) is 0 Å². The molecule has 0 fully saturated rings. The first-order chi connectivity index (χ1) is 7.09. The molecule has 0 spiro atoms. The molecule has 1 aromatic heterocycles. The number of H-pyrrole nitrogens is 1. The zero-order valence-corrected chi connectivity index (χ0v) is 7.55. The Kier molecular flexibility index (Phi) is 2.15. The number of carboxylic acids is 1. The number of rotatable bonds is 2. The number of carboxylic acid groups (broad SMARTS) is 1. The normalized spacial score (nSPS) is 10.8. The minimum absolute atomic E-state index is 0.132. The van der Waals surface area contributed by atoms with Gasteiger partial charge in [-0.2, -0.15) is 0 Å². The molecule has 15 heavy (non-hydrogen) atoms. The minimum Gasteiger partial charge on any atom is -0.481 e. The van der Waals surface area contributed by atoms with E-state index in [1.165, 1.54) is 12.3 Å². The summed E-state index contributed by atoms with van der Waals surface area (Å²) < 4.78 is 26.9. The monoisotopic (exact) mass is 211 g/mol. The van der Waals surface area contributed by atoms with Crippen LogP contribution in [-0.4, -0.2) is 16.1 Å². The Hall–Kier alpha value is -1.91. The van der Waals surface area contributed by atoms with Crippen molar-refractivity contribution >= 4 is 16.9 Å². The zero-order chi connectivity index (χ0) is 11.0. The fourth-order valence-electron chi connectivity index (χ4n) is 1.48. The topological polar surface area (TPSA) is 53.1 Å². The van der Waals surface area contributed by atoms with E-state index in [0.29, 0.717) is 5.39 Å². The standard InChI is InChI=1S/C10H7F2NO2/c11-7-3-5-1-2-13-10(5)9(12)6(7)4-8(14)15/h1-3,13H,4H2,(H,14,15). The van der Waals surface area contributed by atoms with E-state index in [9.17, 15) is 13.6 Å². The predicted molar refractivity (Wildman–Crippen MR) is 49.6 cm³/mol. The Morgan fingerprint density at radius 1 is 1.47 bits per heavy atom. The number of hydrogen-bond acceptors (Lipinski definition) is 1. The first-order valence-electron chi connectivity index (χ1n) is 4.25. The fourth-order valence-corrected chi connectivity index (χ4v) is 1.48.